The van der Waals surface area contributed by atoms with Crippen molar-refractivity contribution in [1.82, 2.24) is 4.98 Å². The van der Waals surface area contributed by atoms with Gasteiger partial charge in [0.25, 0.3) is 0 Å². The second kappa shape index (κ2) is 9.67. The molecule has 0 radical (unpaired) electrons. The highest BCUT2D eigenvalue weighted by Crippen LogP contribution is 2.50. The van der Waals surface area contributed by atoms with Crippen LogP contribution < -0.4 is 4.90 Å². The molecule has 0 amide bonds. The van der Waals surface area contributed by atoms with Gasteiger partial charge >= 0.3 is 0 Å². The minimum atomic E-state index is -0.0540. The molecule has 45 heavy (non-hydrogen) atoms. The first-order chi connectivity index (χ1) is 22.0. The molecule has 6 aromatic carbocycles. The molecule has 0 bridgehead atoms. The van der Waals surface area contributed by atoms with Crippen LogP contribution in [-0.2, 0) is 5.41 Å². The lowest BCUT2D eigenvalue weighted by molar-refractivity contribution is 0.655. The normalized spacial score (nSPS) is 13.3. The van der Waals surface area contributed by atoms with Crippen LogP contribution in [0.5, 0.6) is 0 Å². The van der Waals surface area contributed by atoms with E-state index < -0.39 is 0 Å². The summed E-state index contributed by atoms with van der Waals surface area (Å²) in [6.45, 7) is 4.63. The molecule has 0 atom stereocenters. The highest BCUT2D eigenvalue weighted by atomic mass is 16.3. The monoisotopic (exact) mass is 578 g/mol. The minimum Gasteiger partial charge on any atom is -0.438 e. The predicted molar refractivity (Wildman–Crippen MR) is 187 cm³/mol. The van der Waals surface area contributed by atoms with E-state index in [0.717, 1.165) is 38.9 Å². The quantitative estimate of drug-likeness (QED) is 0.208. The van der Waals surface area contributed by atoms with Gasteiger partial charge in [-0.1, -0.05) is 111 Å². The van der Waals surface area contributed by atoms with Crippen LogP contribution in [0.4, 0.5) is 17.2 Å². The molecule has 0 saturated heterocycles. The zero-order valence-electron chi connectivity index (χ0n) is 25.2. The standard InChI is InChI=1S/C42H30N2O/c1-42(2)37-15-9-8-14-33(37)35-26-32(20-22-38(35)42)44(31-18-16-28(17-19-31)27-10-4-3-5-11-27)40-23-21-34-36-24-29-12-6-7-13-30(29)25-39(36)45-41(34)43-40/h3-26H,1-2H3. The van der Waals surface area contributed by atoms with Crippen LogP contribution in [0.15, 0.2) is 150 Å². The Morgan fingerprint density at radius 1 is 0.533 bits per heavy atom. The number of furan rings is 1. The van der Waals surface area contributed by atoms with Gasteiger partial charge in [-0.25, -0.2) is 0 Å². The number of hydrogen-bond acceptors (Lipinski definition) is 3. The van der Waals surface area contributed by atoms with E-state index in [0.29, 0.717) is 5.71 Å². The van der Waals surface area contributed by atoms with Gasteiger partial charge in [-0.2, -0.15) is 4.98 Å². The lowest BCUT2D eigenvalue weighted by Gasteiger charge is -2.26. The fraction of sp³-hybridized carbons (Fsp3) is 0.0714. The van der Waals surface area contributed by atoms with Gasteiger partial charge in [0.2, 0.25) is 5.71 Å². The highest BCUT2D eigenvalue weighted by molar-refractivity contribution is 6.09. The molecule has 214 valence electrons. The predicted octanol–water partition coefficient (Wildman–Crippen LogP) is 11.6. The number of aromatic nitrogens is 1. The molecule has 9 rings (SSSR count). The Kier molecular flexibility index (Phi) is 5.54. The number of pyridine rings is 1. The van der Waals surface area contributed by atoms with Crippen molar-refractivity contribution in [2.75, 3.05) is 4.90 Å². The van der Waals surface area contributed by atoms with Crippen LogP contribution in [0.2, 0.25) is 0 Å². The summed E-state index contributed by atoms with van der Waals surface area (Å²) in [7, 11) is 0. The number of nitrogens with zero attached hydrogens (tertiary/aromatic N) is 2. The van der Waals surface area contributed by atoms with E-state index in [2.05, 4.69) is 164 Å². The van der Waals surface area contributed by atoms with Crippen molar-refractivity contribution in [2.24, 2.45) is 0 Å². The number of rotatable bonds is 4. The van der Waals surface area contributed by atoms with Crippen LogP contribution in [0.1, 0.15) is 25.0 Å². The van der Waals surface area contributed by atoms with Crippen molar-refractivity contribution in [2.45, 2.75) is 19.3 Å². The molecule has 1 aliphatic carbocycles. The van der Waals surface area contributed by atoms with Gasteiger partial charge in [0.15, 0.2) is 0 Å². The summed E-state index contributed by atoms with van der Waals surface area (Å²) in [6, 6.07) is 51.9. The topological polar surface area (TPSA) is 29.3 Å². The molecule has 0 fully saturated rings. The zero-order chi connectivity index (χ0) is 30.1. The van der Waals surface area contributed by atoms with Crippen LogP contribution in [0.3, 0.4) is 0 Å². The number of anilines is 3. The van der Waals surface area contributed by atoms with Gasteiger partial charge < -0.3 is 4.42 Å². The fourth-order valence-corrected chi connectivity index (χ4v) is 7.15. The van der Waals surface area contributed by atoms with Gasteiger partial charge in [0.05, 0.1) is 0 Å². The summed E-state index contributed by atoms with van der Waals surface area (Å²) >= 11 is 0. The van der Waals surface area contributed by atoms with E-state index in [4.69, 9.17) is 9.40 Å². The minimum absolute atomic E-state index is 0.0540. The van der Waals surface area contributed by atoms with Crippen molar-refractivity contribution < 1.29 is 4.42 Å². The largest absolute Gasteiger partial charge is 0.438 e. The first kappa shape index (κ1) is 25.8. The van der Waals surface area contributed by atoms with Crippen molar-refractivity contribution >= 4 is 50.0 Å². The molecule has 0 unspecified atom stereocenters. The summed E-state index contributed by atoms with van der Waals surface area (Å²) < 4.78 is 6.41. The number of hydrogen-bond donors (Lipinski definition) is 0. The summed E-state index contributed by atoms with van der Waals surface area (Å²) in [5, 5.41) is 4.45. The third kappa shape index (κ3) is 4.01. The van der Waals surface area contributed by atoms with Crippen molar-refractivity contribution in [3.63, 3.8) is 0 Å². The Bertz CT molecular complexity index is 2400. The van der Waals surface area contributed by atoms with Gasteiger partial charge in [0, 0.05) is 27.6 Å². The summed E-state index contributed by atoms with van der Waals surface area (Å²) in [4.78, 5) is 7.40. The molecular formula is C42H30N2O. The summed E-state index contributed by atoms with van der Waals surface area (Å²) in [5.74, 6) is 0.809. The maximum atomic E-state index is 6.41. The average molecular weight is 579 g/mol. The molecule has 0 aliphatic heterocycles. The first-order valence-corrected chi connectivity index (χ1v) is 15.5. The Morgan fingerprint density at radius 3 is 2.02 bits per heavy atom. The van der Waals surface area contributed by atoms with Crippen molar-refractivity contribution in [3.05, 3.63) is 157 Å². The third-order valence-electron chi connectivity index (χ3n) is 9.48. The van der Waals surface area contributed by atoms with Crippen LogP contribution >= 0.6 is 0 Å². The van der Waals surface area contributed by atoms with Crippen LogP contribution in [0, 0.1) is 0 Å². The molecule has 0 saturated carbocycles. The Balaban J connectivity index is 1.23. The summed E-state index contributed by atoms with van der Waals surface area (Å²) in [6.07, 6.45) is 0. The zero-order valence-corrected chi connectivity index (χ0v) is 25.2. The molecule has 2 aromatic heterocycles. The molecule has 8 aromatic rings. The molecule has 0 N–H and O–H groups in total. The second-order valence-corrected chi connectivity index (χ2v) is 12.5. The first-order valence-electron chi connectivity index (χ1n) is 15.5. The fourth-order valence-electron chi connectivity index (χ4n) is 7.15. The summed E-state index contributed by atoms with van der Waals surface area (Å²) in [5.41, 5.74) is 11.2. The molecule has 0 spiro atoms. The maximum Gasteiger partial charge on any atom is 0.229 e. The molecule has 1 aliphatic rings. The van der Waals surface area contributed by atoms with Crippen LogP contribution in [-0.4, -0.2) is 4.98 Å². The number of benzene rings is 6. The second-order valence-electron chi connectivity index (χ2n) is 12.5. The molecule has 3 nitrogen and oxygen atoms in total. The van der Waals surface area contributed by atoms with Gasteiger partial charge in [-0.15, -0.1) is 0 Å². The van der Waals surface area contributed by atoms with E-state index >= 15 is 0 Å². The smallest absolute Gasteiger partial charge is 0.229 e. The Labute approximate surface area is 262 Å². The molecule has 3 heteroatoms. The van der Waals surface area contributed by atoms with E-state index in [1.807, 2.05) is 0 Å². The van der Waals surface area contributed by atoms with Crippen molar-refractivity contribution in [1.29, 1.82) is 0 Å². The van der Waals surface area contributed by atoms with Gasteiger partial charge in [-0.3, -0.25) is 4.90 Å². The van der Waals surface area contributed by atoms with Crippen molar-refractivity contribution in [3.8, 4) is 22.3 Å². The van der Waals surface area contributed by atoms with E-state index in [1.165, 1.54) is 38.8 Å². The van der Waals surface area contributed by atoms with Gasteiger partial charge in [0.1, 0.15) is 11.4 Å². The van der Waals surface area contributed by atoms with E-state index in [9.17, 15) is 0 Å². The highest BCUT2D eigenvalue weighted by Gasteiger charge is 2.35. The maximum absolute atomic E-state index is 6.41. The molecule has 2 heterocycles. The SMILES string of the molecule is CC1(C)c2ccccc2-c2cc(N(c3ccc(-c4ccccc4)cc3)c3ccc4c(n3)oc3cc5ccccc5cc34)ccc21. The Hall–Kier alpha value is -5.67. The third-order valence-corrected chi connectivity index (χ3v) is 9.48. The Morgan fingerprint density at radius 2 is 1.20 bits per heavy atom. The van der Waals surface area contributed by atoms with E-state index in [1.54, 1.807) is 0 Å². The molecular weight excluding hydrogens is 548 g/mol. The average Bonchev–Trinajstić information content (AvgIpc) is 3.55. The van der Waals surface area contributed by atoms with Crippen LogP contribution in [0.25, 0.3) is 55.1 Å². The number of fused-ring (bicyclic) bond motifs is 7. The lowest BCUT2D eigenvalue weighted by Crippen LogP contribution is -2.15. The van der Waals surface area contributed by atoms with Gasteiger partial charge in [-0.05, 0) is 92.7 Å². The lowest BCUT2D eigenvalue weighted by atomic mass is 9.82. The van der Waals surface area contributed by atoms with E-state index in [-0.39, 0.29) is 5.41 Å².